The first-order valence-electron chi connectivity index (χ1n) is 11.4. The third-order valence-corrected chi connectivity index (χ3v) is 5.20. The Morgan fingerprint density at radius 1 is 0.737 bits per heavy atom. The van der Waals surface area contributed by atoms with E-state index in [9.17, 15) is 29.4 Å². The zero-order chi connectivity index (χ0) is 27.5. The first kappa shape index (κ1) is 27.6. The summed E-state index contributed by atoms with van der Waals surface area (Å²) in [4.78, 5) is 50.2. The lowest BCUT2D eigenvalue weighted by Crippen LogP contribution is -2.34. The topological polar surface area (TPSA) is 150 Å². The van der Waals surface area contributed by atoms with Crippen LogP contribution in [0, 0.1) is 5.92 Å². The first-order valence-corrected chi connectivity index (χ1v) is 11.4. The molecule has 3 rings (SSSR count). The van der Waals surface area contributed by atoms with Crippen LogP contribution >= 0.6 is 0 Å². The van der Waals surface area contributed by atoms with Crippen molar-refractivity contribution in [1.82, 2.24) is 0 Å². The lowest BCUT2D eigenvalue weighted by atomic mass is 9.95. The number of amides is 1. The van der Waals surface area contributed by atoms with Crippen LogP contribution in [0.15, 0.2) is 84.9 Å². The number of hydrogen-bond donors (Lipinski definition) is 4. The number of rotatable bonds is 12. The normalized spacial score (nSPS) is 11.1. The number of allylic oxidation sites excluding steroid dienone is 2. The van der Waals surface area contributed by atoms with Gasteiger partial charge in [0.05, 0.1) is 0 Å². The van der Waals surface area contributed by atoms with E-state index in [1.807, 2.05) is 0 Å². The number of nitrogens with one attached hydrogen (secondary N) is 1. The van der Waals surface area contributed by atoms with E-state index in [4.69, 9.17) is 9.84 Å². The van der Waals surface area contributed by atoms with Gasteiger partial charge >= 0.3 is 0 Å². The van der Waals surface area contributed by atoms with Crippen molar-refractivity contribution in [2.75, 3.05) is 18.5 Å². The van der Waals surface area contributed by atoms with Gasteiger partial charge < -0.3 is 25.4 Å². The molecule has 4 N–H and O–H groups in total. The number of hydrogen-bond acceptors (Lipinski definition) is 8. The average molecular weight is 516 g/mol. The van der Waals surface area contributed by atoms with Crippen LogP contribution in [0.3, 0.4) is 0 Å². The van der Waals surface area contributed by atoms with Crippen LogP contribution in [0.4, 0.5) is 5.69 Å². The van der Waals surface area contributed by atoms with Crippen molar-refractivity contribution in [3.05, 3.63) is 96.1 Å². The third kappa shape index (κ3) is 8.28. The molecule has 0 unspecified atom stereocenters. The number of phenols is 2. The first-order chi connectivity index (χ1) is 18.2. The number of aliphatic hydroxyl groups is 1. The van der Waals surface area contributed by atoms with E-state index in [1.165, 1.54) is 60.7 Å². The molecule has 0 fully saturated rings. The largest absolute Gasteiger partial charge is 0.508 e. The molecule has 0 radical (unpaired) electrons. The van der Waals surface area contributed by atoms with Crippen LogP contribution in [0.1, 0.15) is 11.1 Å². The van der Waals surface area contributed by atoms with Crippen molar-refractivity contribution in [3.63, 3.8) is 0 Å². The smallest absolute Gasteiger partial charge is 0.243 e. The molecule has 0 atom stereocenters. The standard InChI is InChI=1S/C29H25NO8/c31-17-24(34)18-38-25-13-7-21(8-14-25)30-29(37)28(26(35)15-5-19-1-9-22(32)10-2-19)27(36)16-6-20-3-11-23(33)12-4-20/h1-16,28,31-33H,17-18H2,(H,30,37)/b15-5+,16-6+. The zero-order valence-electron chi connectivity index (χ0n) is 20.1. The number of aliphatic hydroxyl groups excluding tert-OH is 1. The number of ether oxygens (including phenoxy) is 1. The molecule has 0 heterocycles. The fourth-order valence-corrected chi connectivity index (χ4v) is 3.18. The SMILES string of the molecule is O=C(CO)COc1ccc(NC(=O)C(C(=O)/C=C/c2ccc(O)cc2)C(=O)/C=C/c2ccc(O)cc2)cc1. The van der Waals surface area contributed by atoms with E-state index >= 15 is 0 Å². The van der Waals surface area contributed by atoms with E-state index in [0.29, 0.717) is 16.9 Å². The van der Waals surface area contributed by atoms with Gasteiger partial charge in [0, 0.05) is 5.69 Å². The Hall–Kier alpha value is -5.02. The Kier molecular flexibility index (Phi) is 9.67. The highest BCUT2D eigenvalue weighted by Gasteiger charge is 2.31. The molecular weight excluding hydrogens is 490 g/mol. The number of carbonyl (C=O) groups excluding carboxylic acids is 4. The zero-order valence-corrected chi connectivity index (χ0v) is 20.1. The van der Waals surface area contributed by atoms with Crippen molar-refractivity contribution in [1.29, 1.82) is 0 Å². The quantitative estimate of drug-likeness (QED) is 0.212. The van der Waals surface area contributed by atoms with E-state index in [2.05, 4.69) is 5.32 Å². The Morgan fingerprint density at radius 2 is 1.21 bits per heavy atom. The summed E-state index contributed by atoms with van der Waals surface area (Å²) >= 11 is 0. The van der Waals surface area contributed by atoms with Gasteiger partial charge in [0.25, 0.3) is 0 Å². The van der Waals surface area contributed by atoms with Gasteiger partial charge in [-0.25, -0.2) is 0 Å². The maximum Gasteiger partial charge on any atom is 0.243 e. The number of ketones is 3. The molecule has 1 amide bonds. The van der Waals surface area contributed by atoms with Gasteiger partial charge in [-0.15, -0.1) is 0 Å². The van der Waals surface area contributed by atoms with E-state index in [0.717, 1.165) is 12.2 Å². The predicted octanol–water partition coefficient (Wildman–Crippen LogP) is 3.16. The summed E-state index contributed by atoms with van der Waals surface area (Å²) in [5.41, 5.74) is 1.45. The van der Waals surface area contributed by atoms with Crippen LogP contribution in [-0.2, 0) is 19.2 Å². The van der Waals surface area contributed by atoms with Crippen LogP contribution < -0.4 is 10.1 Å². The van der Waals surface area contributed by atoms with Crippen molar-refractivity contribution >= 4 is 41.1 Å². The summed E-state index contributed by atoms with van der Waals surface area (Å²) in [5, 5.41) is 30.1. The monoisotopic (exact) mass is 515 g/mol. The molecular formula is C29H25NO8. The number of anilines is 1. The van der Waals surface area contributed by atoms with Gasteiger partial charge in [0.15, 0.2) is 23.3 Å². The molecule has 0 aliphatic heterocycles. The molecule has 0 aliphatic carbocycles. The minimum Gasteiger partial charge on any atom is -0.508 e. The lowest BCUT2D eigenvalue weighted by Gasteiger charge is -2.13. The third-order valence-electron chi connectivity index (χ3n) is 5.20. The summed E-state index contributed by atoms with van der Waals surface area (Å²) in [6, 6.07) is 17.9. The average Bonchev–Trinajstić information content (AvgIpc) is 2.92. The Balaban J connectivity index is 1.78. The molecule has 9 nitrogen and oxygen atoms in total. The van der Waals surface area contributed by atoms with Crippen molar-refractivity contribution in [2.45, 2.75) is 0 Å². The van der Waals surface area contributed by atoms with Gasteiger partial charge in [-0.2, -0.15) is 0 Å². The van der Waals surface area contributed by atoms with Gasteiger partial charge in [-0.1, -0.05) is 36.4 Å². The minimum absolute atomic E-state index is 0.0525. The highest BCUT2D eigenvalue weighted by atomic mass is 16.5. The van der Waals surface area contributed by atoms with Crippen molar-refractivity contribution < 1.29 is 39.2 Å². The summed E-state index contributed by atoms with van der Waals surface area (Å²) < 4.78 is 5.23. The lowest BCUT2D eigenvalue weighted by molar-refractivity contribution is -0.134. The molecule has 0 saturated carbocycles. The Labute approximate surface area is 218 Å². The van der Waals surface area contributed by atoms with E-state index in [1.54, 1.807) is 24.3 Å². The summed E-state index contributed by atoms with van der Waals surface area (Å²) in [7, 11) is 0. The number of Topliss-reactive ketones (excluding diaryl/α,β-unsaturated/α-hetero) is 1. The van der Waals surface area contributed by atoms with Crippen LogP contribution in [-0.4, -0.2) is 51.8 Å². The maximum atomic E-state index is 13.1. The molecule has 0 saturated heterocycles. The molecule has 3 aromatic rings. The highest BCUT2D eigenvalue weighted by Crippen LogP contribution is 2.18. The molecule has 38 heavy (non-hydrogen) atoms. The number of phenolic OH excluding ortho intramolecular Hbond substituents is 2. The summed E-state index contributed by atoms with van der Waals surface area (Å²) in [6.07, 6.45) is 5.10. The number of benzene rings is 3. The number of carbonyl (C=O) groups is 4. The Bertz CT molecular complexity index is 1270. The minimum atomic E-state index is -1.69. The van der Waals surface area contributed by atoms with Crippen molar-refractivity contribution in [3.8, 4) is 17.2 Å². The second-order valence-electron chi connectivity index (χ2n) is 8.09. The maximum absolute atomic E-state index is 13.1. The van der Waals surface area contributed by atoms with E-state index in [-0.39, 0.29) is 23.8 Å². The second kappa shape index (κ2) is 13.3. The molecule has 0 bridgehead atoms. The van der Waals surface area contributed by atoms with Gasteiger partial charge in [-0.3, -0.25) is 19.2 Å². The van der Waals surface area contributed by atoms with Gasteiger partial charge in [0.1, 0.15) is 30.5 Å². The van der Waals surface area contributed by atoms with Crippen LogP contribution in [0.2, 0.25) is 0 Å². The van der Waals surface area contributed by atoms with Gasteiger partial charge in [0.2, 0.25) is 5.91 Å². The predicted molar refractivity (Wildman–Crippen MR) is 140 cm³/mol. The Morgan fingerprint density at radius 3 is 1.66 bits per heavy atom. The van der Waals surface area contributed by atoms with E-state index < -0.39 is 35.8 Å². The second-order valence-corrected chi connectivity index (χ2v) is 8.09. The highest BCUT2D eigenvalue weighted by molar-refractivity contribution is 6.28. The van der Waals surface area contributed by atoms with Crippen LogP contribution in [0.5, 0.6) is 17.2 Å². The molecule has 9 heteroatoms. The molecule has 0 aromatic heterocycles. The summed E-state index contributed by atoms with van der Waals surface area (Å²) in [5.74, 6) is -4.11. The van der Waals surface area contributed by atoms with Crippen LogP contribution in [0.25, 0.3) is 12.2 Å². The molecule has 194 valence electrons. The number of aromatic hydroxyl groups is 2. The summed E-state index contributed by atoms with van der Waals surface area (Å²) in [6.45, 7) is -0.950. The fourth-order valence-electron chi connectivity index (χ4n) is 3.18. The van der Waals surface area contributed by atoms with Crippen molar-refractivity contribution in [2.24, 2.45) is 5.92 Å². The van der Waals surface area contributed by atoms with Gasteiger partial charge in [-0.05, 0) is 71.8 Å². The molecule has 0 aliphatic rings. The molecule has 3 aromatic carbocycles. The molecule has 0 spiro atoms. The fraction of sp³-hybridized carbons (Fsp3) is 0.103.